The summed E-state index contributed by atoms with van der Waals surface area (Å²) in [5.41, 5.74) is 0.880. The lowest BCUT2D eigenvalue weighted by Gasteiger charge is -2.07. The summed E-state index contributed by atoms with van der Waals surface area (Å²) in [6, 6.07) is 8.80. The van der Waals surface area contributed by atoms with Crippen LogP contribution in [0.5, 0.6) is 5.75 Å². The van der Waals surface area contributed by atoms with Crippen LogP contribution in [0.3, 0.4) is 0 Å². The second kappa shape index (κ2) is 9.18. The van der Waals surface area contributed by atoms with Gasteiger partial charge in [0.25, 0.3) is 0 Å². The topological polar surface area (TPSA) is 51.2 Å². The quantitative estimate of drug-likeness (QED) is 0.606. The normalized spacial score (nSPS) is 10.7. The number of hydrogen-bond acceptors (Lipinski definition) is 3. The van der Waals surface area contributed by atoms with Crippen molar-refractivity contribution in [1.29, 1.82) is 0 Å². The second-order valence-electron chi connectivity index (χ2n) is 4.69. The predicted molar refractivity (Wildman–Crippen MR) is 92.9 cm³/mol. The fourth-order valence-corrected chi connectivity index (χ4v) is 2.03. The number of nitrogens with one attached hydrogen (secondary N) is 1. The maximum Gasteiger partial charge on any atom is 0.244 e. The van der Waals surface area contributed by atoms with E-state index < -0.39 is 0 Å². The van der Waals surface area contributed by atoms with E-state index in [1.165, 1.54) is 6.08 Å². The SMILES string of the molecule is O=C(/C=C/c1cccnc1)NCCCOc1ccc(Cl)c(Cl)c1. The van der Waals surface area contributed by atoms with Gasteiger partial charge in [-0.1, -0.05) is 29.3 Å². The number of amides is 1. The van der Waals surface area contributed by atoms with E-state index in [9.17, 15) is 4.79 Å². The molecule has 0 saturated heterocycles. The highest BCUT2D eigenvalue weighted by Crippen LogP contribution is 2.26. The lowest BCUT2D eigenvalue weighted by molar-refractivity contribution is -0.116. The van der Waals surface area contributed by atoms with Crippen LogP contribution in [0.4, 0.5) is 0 Å². The van der Waals surface area contributed by atoms with Crippen LogP contribution >= 0.6 is 23.2 Å². The third-order valence-electron chi connectivity index (χ3n) is 2.89. The molecule has 0 spiro atoms. The molecule has 2 aromatic rings. The summed E-state index contributed by atoms with van der Waals surface area (Å²) in [6.45, 7) is 1.00. The van der Waals surface area contributed by atoms with Gasteiger partial charge in [-0.3, -0.25) is 9.78 Å². The maximum absolute atomic E-state index is 11.6. The molecular weight excluding hydrogens is 335 g/mol. The molecule has 0 fully saturated rings. The van der Waals surface area contributed by atoms with E-state index in [-0.39, 0.29) is 5.91 Å². The average Bonchev–Trinajstić information content (AvgIpc) is 2.57. The first-order chi connectivity index (χ1) is 11.1. The van der Waals surface area contributed by atoms with Crippen molar-refractivity contribution in [3.63, 3.8) is 0 Å². The van der Waals surface area contributed by atoms with Crippen molar-refractivity contribution in [1.82, 2.24) is 10.3 Å². The lowest BCUT2D eigenvalue weighted by atomic mass is 10.2. The minimum Gasteiger partial charge on any atom is -0.493 e. The first-order valence-electron chi connectivity index (χ1n) is 7.09. The molecule has 0 unspecified atom stereocenters. The maximum atomic E-state index is 11.6. The molecule has 2 rings (SSSR count). The number of hydrogen-bond donors (Lipinski definition) is 1. The molecule has 0 saturated carbocycles. The molecule has 1 aromatic heterocycles. The lowest BCUT2D eigenvalue weighted by Crippen LogP contribution is -2.23. The highest BCUT2D eigenvalue weighted by molar-refractivity contribution is 6.42. The van der Waals surface area contributed by atoms with Crippen molar-refractivity contribution in [2.75, 3.05) is 13.2 Å². The highest BCUT2D eigenvalue weighted by Gasteiger charge is 2.00. The number of benzene rings is 1. The number of carbonyl (C=O) groups excluding carboxylic acids is 1. The van der Waals surface area contributed by atoms with Crippen LogP contribution in [0, 0.1) is 0 Å². The van der Waals surface area contributed by atoms with Crippen molar-refractivity contribution in [2.45, 2.75) is 6.42 Å². The van der Waals surface area contributed by atoms with Gasteiger partial charge in [0.2, 0.25) is 5.91 Å². The van der Waals surface area contributed by atoms with E-state index in [2.05, 4.69) is 10.3 Å². The Morgan fingerprint density at radius 1 is 1.26 bits per heavy atom. The summed E-state index contributed by atoms with van der Waals surface area (Å²) >= 11 is 11.7. The summed E-state index contributed by atoms with van der Waals surface area (Å²) < 4.78 is 5.53. The largest absolute Gasteiger partial charge is 0.493 e. The Labute approximate surface area is 145 Å². The summed E-state index contributed by atoms with van der Waals surface area (Å²) in [7, 11) is 0. The van der Waals surface area contributed by atoms with Gasteiger partial charge in [-0.25, -0.2) is 0 Å². The van der Waals surface area contributed by atoms with Crippen LogP contribution in [0.15, 0.2) is 48.8 Å². The summed E-state index contributed by atoms with van der Waals surface area (Å²) in [4.78, 5) is 15.6. The number of aromatic nitrogens is 1. The smallest absolute Gasteiger partial charge is 0.244 e. The first-order valence-corrected chi connectivity index (χ1v) is 7.84. The number of pyridine rings is 1. The molecule has 23 heavy (non-hydrogen) atoms. The minimum absolute atomic E-state index is 0.150. The van der Waals surface area contributed by atoms with Crippen LogP contribution in [0.25, 0.3) is 6.08 Å². The Bertz CT molecular complexity index is 676. The van der Waals surface area contributed by atoms with Gasteiger partial charge in [-0.15, -0.1) is 0 Å². The second-order valence-corrected chi connectivity index (χ2v) is 5.50. The molecule has 120 valence electrons. The minimum atomic E-state index is -0.150. The first kappa shape index (κ1) is 17.3. The van der Waals surface area contributed by atoms with E-state index in [0.717, 1.165) is 5.56 Å². The van der Waals surface area contributed by atoms with Gasteiger partial charge in [-0.2, -0.15) is 0 Å². The number of ether oxygens (including phenoxy) is 1. The zero-order valence-corrected chi connectivity index (χ0v) is 13.8. The number of carbonyl (C=O) groups is 1. The zero-order valence-electron chi connectivity index (χ0n) is 12.3. The van der Waals surface area contributed by atoms with Crippen molar-refractivity contribution < 1.29 is 9.53 Å². The molecule has 0 atom stereocenters. The van der Waals surface area contributed by atoms with Crippen LogP contribution in [0.1, 0.15) is 12.0 Å². The fourth-order valence-electron chi connectivity index (χ4n) is 1.75. The van der Waals surface area contributed by atoms with E-state index in [4.69, 9.17) is 27.9 Å². The molecule has 0 radical (unpaired) electrons. The van der Waals surface area contributed by atoms with Gasteiger partial charge in [-0.05, 0) is 36.3 Å². The molecule has 1 heterocycles. The molecule has 0 aliphatic rings. The zero-order chi connectivity index (χ0) is 16.5. The standard InChI is InChI=1S/C17H16Cl2N2O2/c18-15-6-5-14(11-16(15)19)23-10-2-9-21-17(22)7-4-13-3-1-8-20-12-13/h1,3-8,11-12H,2,9-10H2,(H,21,22)/b7-4+. The summed E-state index contributed by atoms with van der Waals surface area (Å²) in [5, 5.41) is 3.74. The number of rotatable bonds is 7. The van der Waals surface area contributed by atoms with Gasteiger partial charge in [0.15, 0.2) is 0 Å². The van der Waals surface area contributed by atoms with Crippen molar-refractivity contribution in [2.24, 2.45) is 0 Å². The van der Waals surface area contributed by atoms with E-state index in [0.29, 0.717) is 35.4 Å². The third kappa shape index (κ3) is 6.30. The Morgan fingerprint density at radius 3 is 2.87 bits per heavy atom. The molecule has 1 N–H and O–H groups in total. The Hall–Kier alpha value is -2.04. The molecule has 0 aliphatic carbocycles. The van der Waals surface area contributed by atoms with Crippen LogP contribution in [-0.2, 0) is 4.79 Å². The Balaban J connectivity index is 1.64. The summed E-state index contributed by atoms with van der Waals surface area (Å²) in [5.74, 6) is 0.505. The van der Waals surface area contributed by atoms with E-state index in [1.807, 2.05) is 12.1 Å². The Morgan fingerprint density at radius 2 is 2.13 bits per heavy atom. The van der Waals surface area contributed by atoms with E-state index >= 15 is 0 Å². The molecule has 6 heteroatoms. The third-order valence-corrected chi connectivity index (χ3v) is 3.63. The monoisotopic (exact) mass is 350 g/mol. The molecular formula is C17H16Cl2N2O2. The van der Waals surface area contributed by atoms with Gasteiger partial charge in [0.1, 0.15) is 5.75 Å². The fraction of sp³-hybridized carbons (Fsp3) is 0.176. The van der Waals surface area contributed by atoms with Gasteiger partial charge in [0, 0.05) is 31.1 Å². The van der Waals surface area contributed by atoms with E-state index in [1.54, 1.807) is 36.7 Å². The van der Waals surface area contributed by atoms with Gasteiger partial charge in [0.05, 0.1) is 16.7 Å². The Kier molecular flexibility index (Phi) is 6.91. The van der Waals surface area contributed by atoms with Crippen LogP contribution in [0.2, 0.25) is 10.0 Å². The summed E-state index contributed by atoms with van der Waals surface area (Å²) in [6.07, 6.45) is 7.26. The highest BCUT2D eigenvalue weighted by atomic mass is 35.5. The molecule has 1 aromatic carbocycles. The predicted octanol–water partition coefficient (Wildman–Crippen LogP) is 3.99. The van der Waals surface area contributed by atoms with Gasteiger partial charge < -0.3 is 10.1 Å². The molecule has 0 aliphatic heterocycles. The van der Waals surface area contributed by atoms with Crippen molar-refractivity contribution in [3.05, 3.63) is 64.4 Å². The number of nitrogens with zero attached hydrogens (tertiary/aromatic N) is 1. The van der Waals surface area contributed by atoms with Crippen molar-refractivity contribution >= 4 is 35.2 Å². The van der Waals surface area contributed by atoms with Crippen LogP contribution in [-0.4, -0.2) is 24.0 Å². The van der Waals surface area contributed by atoms with Crippen molar-refractivity contribution in [3.8, 4) is 5.75 Å². The molecule has 4 nitrogen and oxygen atoms in total. The molecule has 1 amide bonds. The van der Waals surface area contributed by atoms with Gasteiger partial charge >= 0.3 is 0 Å². The number of halogens is 2. The average molecular weight is 351 g/mol. The molecule has 0 bridgehead atoms. The van der Waals surface area contributed by atoms with Crippen LogP contribution < -0.4 is 10.1 Å².